The molecule has 1 atom stereocenters. The summed E-state index contributed by atoms with van der Waals surface area (Å²) in [5.74, 6) is 0. The monoisotopic (exact) mass is 757 g/mol. The summed E-state index contributed by atoms with van der Waals surface area (Å²) in [7, 11) is 0. The number of nitrogens with zero attached hydrogens (tertiary/aromatic N) is 1. The normalized spacial score (nSPS) is 14.4. The predicted octanol–water partition coefficient (Wildman–Crippen LogP) is 15.9. The number of rotatable bonds is 7. The number of hydrogen-bond acceptors (Lipinski definition) is 2. The summed E-state index contributed by atoms with van der Waals surface area (Å²) in [6.45, 7) is 2.39. The zero-order valence-electron chi connectivity index (χ0n) is 32.1. The Hall–Kier alpha value is -7.00. The molecule has 1 unspecified atom stereocenters. The molecule has 1 nitrogen and oxygen atoms in total. The minimum Gasteiger partial charge on any atom is -0.309 e. The topological polar surface area (TPSA) is 3.24 Å². The Morgan fingerprint density at radius 3 is 1.69 bits per heavy atom. The number of anilines is 3. The lowest BCUT2D eigenvalue weighted by atomic mass is 9.74. The molecule has 1 heterocycles. The predicted molar refractivity (Wildman–Crippen MR) is 248 cm³/mol. The highest BCUT2D eigenvalue weighted by atomic mass is 32.1. The lowest BCUT2D eigenvalue weighted by Gasteiger charge is -2.31. The number of para-hydroxylation sites is 1. The molecule has 0 N–H and O–H groups in total. The van der Waals surface area contributed by atoms with E-state index in [2.05, 4.69) is 230 Å². The fourth-order valence-electron chi connectivity index (χ4n) is 9.50. The molecule has 10 aromatic rings. The number of fused-ring (bicyclic) bond motifs is 6. The first kappa shape index (κ1) is 34.3. The molecule has 2 heteroatoms. The average molecular weight is 758 g/mol. The van der Waals surface area contributed by atoms with Gasteiger partial charge in [-0.2, -0.15) is 0 Å². The second kappa shape index (κ2) is 13.9. The Kier molecular flexibility index (Phi) is 8.20. The molecule has 1 aromatic heterocycles. The molecule has 0 radical (unpaired) electrons. The lowest BCUT2D eigenvalue weighted by molar-refractivity contribution is 0.714. The van der Waals surface area contributed by atoms with Crippen molar-refractivity contribution < 1.29 is 0 Å². The third kappa shape index (κ3) is 5.37. The van der Waals surface area contributed by atoms with Gasteiger partial charge in [-0.05, 0) is 99.0 Å². The highest BCUT2D eigenvalue weighted by Gasteiger charge is 2.41. The fraction of sp³-hybridized carbons (Fsp3) is 0.0357. The van der Waals surface area contributed by atoms with Crippen LogP contribution in [0.1, 0.15) is 23.6 Å². The van der Waals surface area contributed by atoms with Crippen LogP contribution in [-0.2, 0) is 5.41 Å². The summed E-state index contributed by atoms with van der Waals surface area (Å²) < 4.78 is 2.57. The molecule has 0 amide bonds. The summed E-state index contributed by atoms with van der Waals surface area (Å²) in [4.78, 5) is 2.53. The van der Waals surface area contributed by atoms with Gasteiger partial charge in [-0.3, -0.25) is 0 Å². The summed E-state index contributed by atoms with van der Waals surface area (Å²) >= 11 is 1.86. The van der Waals surface area contributed by atoms with Gasteiger partial charge < -0.3 is 4.90 Å². The zero-order valence-corrected chi connectivity index (χ0v) is 33.0. The van der Waals surface area contributed by atoms with E-state index in [1.807, 2.05) is 11.3 Å². The van der Waals surface area contributed by atoms with Gasteiger partial charge in [0.1, 0.15) is 0 Å². The van der Waals surface area contributed by atoms with Crippen LogP contribution in [-0.4, -0.2) is 0 Å². The SMILES string of the molecule is CC1(c2ccccc2)c2ccccc2-c2cc(N(c3ccccc3-c3ccccc3-c3ccccc3-c3ccccc3)c3cccc4sc5ccccc5c34)ccc21. The number of benzene rings is 9. The van der Waals surface area contributed by atoms with Crippen molar-refractivity contribution in [2.75, 3.05) is 4.90 Å². The molecule has 0 saturated carbocycles. The molecule has 1 aliphatic rings. The van der Waals surface area contributed by atoms with Crippen molar-refractivity contribution in [3.8, 4) is 44.5 Å². The second-order valence-corrected chi connectivity index (χ2v) is 16.4. The quantitative estimate of drug-likeness (QED) is 0.156. The third-order valence-electron chi connectivity index (χ3n) is 12.2. The van der Waals surface area contributed by atoms with E-state index < -0.39 is 0 Å². The van der Waals surface area contributed by atoms with Crippen molar-refractivity contribution in [2.45, 2.75) is 12.3 Å². The van der Waals surface area contributed by atoms with Gasteiger partial charge in [0.25, 0.3) is 0 Å². The summed E-state index contributed by atoms with van der Waals surface area (Å²) in [5.41, 5.74) is 16.9. The maximum atomic E-state index is 2.53. The Morgan fingerprint density at radius 1 is 0.379 bits per heavy atom. The maximum absolute atomic E-state index is 2.53. The van der Waals surface area contributed by atoms with E-state index in [0.717, 1.165) is 11.4 Å². The summed E-state index contributed by atoms with van der Waals surface area (Å²) in [6, 6.07) is 80.3. The molecule has 0 bridgehead atoms. The van der Waals surface area contributed by atoms with Gasteiger partial charge in [0.2, 0.25) is 0 Å². The molecule has 0 saturated heterocycles. The first-order valence-electron chi connectivity index (χ1n) is 20.0. The van der Waals surface area contributed by atoms with Crippen LogP contribution in [0.2, 0.25) is 0 Å². The van der Waals surface area contributed by atoms with Crippen molar-refractivity contribution in [1.82, 2.24) is 0 Å². The van der Waals surface area contributed by atoms with E-state index in [-0.39, 0.29) is 5.41 Å². The van der Waals surface area contributed by atoms with Gasteiger partial charge in [-0.15, -0.1) is 11.3 Å². The van der Waals surface area contributed by atoms with Crippen molar-refractivity contribution in [3.05, 3.63) is 235 Å². The third-order valence-corrected chi connectivity index (χ3v) is 13.3. The van der Waals surface area contributed by atoms with Crippen molar-refractivity contribution >= 4 is 48.6 Å². The van der Waals surface area contributed by atoms with Gasteiger partial charge in [0.05, 0.1) is 11.4 Å². The molecular weight excluding hydrogens is 719 g/mol. The van der Waals surface area contributed by atoms with Crippen LogP contribution in [0.4, 0.5) is 17.1 Å². The number of thiophene rings is 1. The van der Waals surface area contributed by atoms with Gasteiger partial charge >= 0.3 is 0 Å². The van der Waals surface area contributed by atoms with Gasteiger partial charge in [-0.25, -0.2) is 0 Å². The van der Waals surface area contributed by atoms with Crippen LogP contribution in [0.3, 0.4) is 0 Å². The standard InChI is InChI=1S/C56H39NS/c1-56(39-21-6-3-7-22-39)49-30-15-12-27-45(49)48-37-40(35-36-50(48)56)57(52-32-18-34-54-55(52)47-29-14-17-33-53(47)58-54)51-31-16-13-28-46(51)44-26-11-10-25-43(44)42-24-9-8-23-41(42)38-19-4-2-5-20-38/h2-37H,1H3. The summed E-state index contributed by atoms with van der Waals surface area (Å²) in [6.07, 6.45) is 0. The fourth-order valence-corrected chi connectivity index (χ4v) is 10.6. The van der Waals surface area contributed by atoms with Crippen molar-refractivity contribution in [3.63, 3.8) is 0 Å². The highest BCUT2D eigenvalue weighted by molar-refractivity contribution is 7.26. The van der Waals surface area contributed by atoms with Crippen LogP contribution < -0.4 is 4.90 Å². The minimum absolute atomic E-state index is 0.275. The Balaban J connectivity index is 1.18. The molecular formula is C56H39NS. The first-order chi connectivity index (χ1) is 28.7. The largest absolute Gasteiger partial charge is 0.309 e. The molecule has 0 spiro atoms. The van der Waals surface area contributed by atoms with E-state index >= 15 is 0 Å². The Morgan fingerprint density at radius 2 is 0.914 bits per heavy atom. The van der Waals surface area contributed by atoms with Gasteiger partial charge in [0.15, 0.2) is 0 Å². The number of hydrogen-bond donors (Lipinski definition) is 0. The molecule has 58 heavy (non-hydrogen) atoms. The molecule has 274 valence electrons. The van der Waals surface area contributed by atoms with Crippen LogP contribution >= 0.6 is 11.3 Å². The molecule has 0 fully saturated rings. The van der Waals surface area contributed by atoms with E-state index in [4.69, 9.17) is 0 Å². The molecule has 9 aromatic carbocycles. The summed E-state index contributed by atoms with van der Waals surface area (Å²) in [5, 5.41) is 2.55. The van der Waals surface area contributed by atoms with E-state index in [9.17, 15) is 0 Å². The zero-order chi connectivity index (χ0) is 38.6. The van der Waals surface area contributed by atoms with Crippen LogP contribution in [0, 0.1) is 0 Å². The molecule has 1 aliphatic carbocycles. The van der Waals surface area contributed by atoms with Crippen LogP contribution in [0.5, 0.6) is 0 Å². The van der Waals surface area contributed by atoms with Gasteiger partial charge in [-0.1, -0.05) is 182 Å². The Labute approximate surface area is 343 Å². The van der Waals surface area contributed by atoms with Crippen molar-refractivity contribution in [1.29, 1.82) is 0 Å². The first-order valence-corrected chi connectivity index (χ1v) is 20.8. The smallest absolute Gasteiger partial charge is 0.0555 e. The van der Waals surface area contributed by atoms with Crippen LogP contribution in [0.15, 0.2) is 218 Å². The second-order valence-electron chi connectivity index (χ2n) is 15.3. The molecule has 11 rings (SSSR count). The van der Waals surface area contributed by atoms with Crippen molar-refractivity contribution in [2.24, 2.45) is 0 Å². The molecule has 0 aliphatic heterocycles. The van der Waals surface area contributed by atoms with Crippen LogP contribution in [0.25, 0.3) is 64.7 Å². The maximum Gasteiger partial charge on any atom is 0.0555 e. The Bertz CT molecular complexity index is 3140. The lowest BCUT2D eigenvalue weighted by Crippen LogP contribution is -2.22. The average Bonchev–Trinajstić information content (AvgIpc) is 3.81. The van der Waals surface area contributed by atoms with E-state index in [0.29, 0.717) is 0 Å². The van der Waals surface area contributed by atoms with E-state index in [1.165, 1.54) is 87.1 Å². The van der Waals surface area contributed by atoms with Gasteiger partial charge in [0, 0.05) is 36.8 Å². The highest BCUT2D eigenvalue weighted by Crippen LogP contribution is 2.55. The van der Waals surface area contributed by atoms with E-state index in [1.54, 1.807) is 0 Å². The minimum atomic E-state index is -0.275.